The summed E-state index contributed by atoms with van der Waals surface area (Å²) >= 11 is 0. The number of rotatable bonds is 5. The third-order valence-corrected chi connectivity index (χ3v) is 4.79. The molecule has 152 valence electrons. The second-order valence-electron chi connectivity index (χ2n) is 6.47. The summed E-state index contributed by atoms with van der Waals surface area (Å²) in [5.74, 6) is 0. The van der Waals surface area contributed by atoms with Gasteiger partial charge >= 0.3 is 12.3 Å². The topological polar surface area (TPSA) is 42.4 Å². The molecule has 0 N–H and O–H groups in total. The Kier molecular flexibility index (Phi) is 6.06. The Morgan fingerprint density at radius 1 is 1.03 bits per heavy atom. The van der Waals surface area contributed by atoms with Crippen molar-refractivity contribution in [3.05, 3.63) is 77.6 Å². The fourth-order valence-corrected chi connectivity index (χ4v) is 3.30. The highest BCUT2D eigenvalue weighted by Gasteiger charge is 2.37. The summed E-state index contributed by atoms with van der Waals surface area (Å²) in [6.07, 6.45) is -4.34. The van der Waals surface area contributed by atoms with Gasteiger partial charge in [0.05, 0.1) is 5.56 Å². The van der Waals surface area contributed by atoms with Gasteiger partial charge in [-0.2, -0.15) is 13.2 Å². The normalized spacial score (nSPS) is 12.6. The first-order valence-corrected chi connectivity index (χ1v) is 9.31. The van der Waals surface area contributed by atoms with E-state index in [0.717, 1.165) is 23.8 Å². The van der Waals surface area contributed by atoms with Crippen LogP contribution in [0, 0.1) is 0 Å². The van der Waals surface area contributed by atoms with Crippen molar-refractivity contribution in [1.82, 2.24) is 9.88 Å². The summed E-state index contributed by atoms with van der Waals surface area (Å²) in [6, 6.07) is 13.5. The summed E-state index contributed by atoms with van der Waals surface area (Å²) in [7, 11) is 0. The third kappa shape index (κ3) is 4.34. The Labute approximate surface area is 166 Å². The highest BCUT2D eigenvalue weighted by Crippen LogP contribution is 2.39. The Bertz CT molecular complexity index is 995. The van der Waals surface area contributed by atoms with Crippen molar-refractivity contribution in [1.29, 1.82) is 0 Å². The second-order valence-corrected chi connectivity index (χ2v) is 6.47. The van der Waals surface area contributed by atoms with Gasteiger partial charge in [0.1, 0.15) is 0 Å². The van der Waals surface area contributed by atoms with E-state index in [2.05, 4.69) is 4.98 Å². The third-order valence-electron chi connectivity index (χ3n) is 4.79. The number of amides is 1. The van der Waals surface area contributed by atoms with Gasteiger partial charge in [-0.1, -0.05) is 42.5 Å². The number of fused-ring (bicyclic) bond motifs is 1. The summed E-state index contributed by atoms with van der Waals surface area (Å²) in [6.45, 7) is 4.33. The molecule has 0 radical (unpaired) electrons. The molecule has 0 aliphatic rings. The maximum Gasteiger partial charge on any atom is 0.416 e. The first-order valence-electron chi connectivity index (χ1n) is 9.31. The largest absolute Gasteiger partial charge is 0.436 e. The van der Waals surface area contributed by atoms with Crippen LogP contribution in [-0.4, -0.2) is 29.1 Å². The first kappa shape index (κ1) is 20.6. The van der Waals surface area contributed by atoms with Crippen molar-refractivity contribution in [2.24, 2.45) is 0 Å². The molecule has 1 atom stereocenters. The van der Waals surface area contributed by atoms with Gasteiger partial charge < -0.3 is 9.64 Å². The summed E-state index contributed by atoms with van der Waals surface area (Å²) in [4.78, 5) is 18.0. The number of carbonyl (C=O) groups excluding carboxylic acids is 1. The van der Waals surface area contributed by atoms with Crippen LogP contribution in [0.2, 0.25) is 0 Å². The molecule has 0 aliphatic heterocycles. The van der Waals surface area contributed by atoms with E-state index in [1.807, 2.05) is 18.2 Å². The average Bonchev–Trinajstić information content (AvgIpc) is 2.72. The second kappa shape index (κ2) is 8.51. The quantitative estimate of drug-likeness (QED) is 0.540. The lowest BCUT2D eigenvalue weighted by Crippen LogP contribution is -2.32. The van der Waals surface area contributed by atoms with Gasteiger partial charge in [-0.15, -0.1) is 0 Å². The molecule has 1 aromatic heterocycles. The standard InChI is InChI=1S/C22H21F3N2O2/c1-3-27(4-2)21(28)29-20(18-14-26-13-12-19(18)22(23,24)25)17-11-7-9-15-8-5-6-10-16(15)17/h5-14,20H,3-4H2,1-2H3. The Balaban J connectivity index is 2.20. The van der Waals surface area contributed by atoms with Gasteiger partial charge in [0.25, 0.3) is 0 Å². The lowest BCUT2D eigenvalue weighted by molar-refractivity contribution is -0.139. The van der Waals surface area contributed by atoms with Crippen molar-refractivity contribution in [3.63, 3.8) is 0 Å². The van der Waals surface area contributed by atoms with Crippen molar-refractivity contribution in [2.45, 2.75) is 26.1 Å². The number of hydrogen-bond donors (Lipinski definition) is 0. The van der Waals surface area contributed by atoms with E-state index >= 15 is 0 Å². The molecule has 0 fully saturated rings. The maximum atomic E-state index is 13.7. The molecule has 7 heteroatoms. The monoisotopic (exact) mass is 402 g/mol. The number of nitrogens with zero attached hydrogens (tertiary/aromatic N) is 2. The number of alkyl halides is 3. The molecular weight excluding hydrogens is 381 g/mol. The van der Waals surface area contributed by atoms with Gasteiger partial charge in [0.2, 0.25) is 0 Å². The van der Waals surface area contributed by atoms with Crippen molar-refractivity contribution >= 4 is 16.9 Å². The molecule has 29 heavy (non-hydrogen) atoms. The smallest absolute Gasteiger partial charge is 0.416 e. The lowest BCUT2D eigenvalue weighted by atomic mass is 9.94. The number of halogens is 3. The van der Waals surface area contributed by atoms with Crippen LogP contribution in [0.3, 0.4) is 0 Å². The SMILES string of the molecule is CCN(CC)C(=O)OC(c1cnccc1C(F)(F)F)c1cccc2ccccc12. The highest BCUT2D eigenvalue weighted by molar-refractivity contribution is 5.86. The molecule has 0 saturated heterocycles. The summed E-state index contributed by atoms with van der Waals surface area (Å²) in [5.41, 5.74) is -0.600. The number of carbonyl (C=O) groups is 1. The van der Waals surface area contributed by atoms with Crippen LogP contribution in [-0.2, 0) is 10.9 Å². The zero-order valence-electron chi connectivity index (χ0n) is 16.1. The van der Waals surface area contributed by atoms with Gasteiger partial charge in [-0.3, -0.25) is 4.98 Å². The minimum Gasteiger partial charge on any atom is -0.436 e. The summed E-state index contributed by atoms with van der Waals surface area (Å²) in [5, 5.41) is 1.55. The van der Waals surface area contributed by atoms with E-state index in [4.69, 9.17) is 4.74 Å². The molecule has 3 rings (SSSR count). The van der Waals surface area contributed by atoms with E-state index < -0.39 is 23.9 Å². The van der Waals surface area contributed by atoms with E-state index in [9.17, 15) is 18.0 Å². The Hall–Kier alpha value is -3.09. The van der Waals surface area contributed by atoms with Crippen LogP contribution in [0.5, 0.6) is 0 Å². The number of benzene rings is 2. The number of ether oxygens (including phenoxy) is 1. The van der Waals surface area contributed by atoms with Crippen molar-refractivity contribution in [3.8, 4) is 0 Å². The molecule has 0 aliphatic carbocycles. The molecule has 0 spiro atoms. The van der Waals surface area contributed by atoms with Gasteiger partial charge in [0.15, 0.2) is 6.10 Å². The van der Waals surface area contributed by atoms with Crippen LogP contribution >= 0.6 is 0 Å². The van der Waals surface area contributed by atoms with Crippen molar-refractivity contribution < 1.29 is 22.7 Å². The van der Waals surface area contributed by atoms with Crippen LogP contribution in [0.15, 0.2) is 60.9 Å². The Morgan fingerprint density at radius 3 is 2.41 bits per heavy atom. The van der Waals surface area contributed by atoms with E-state index in [-0.39, 0.29) is 5.56 Å². The first-order chi connectivity index (χ1) is 13.9. The minimum absolute atomic E-state index is 0.197. The maximum absolute atomic E-state index is 13.7. The van der Waals surface area contributed by atoms with E-state index in [1.165, 1.54) is 4.90 Å². The molecule has 4 nitrogen and oxygen atoms in total. The predicted molar refractivity (Wildman–Crippen MR) is 104 cm³/mol. The molecular formula is C22H21F3N2O2. The van der Waals surface area contributed by atoms with Gasteiger partial charge in [-0.05, 0) is 30.7 Å². The number of aromatic nitrogens is 1. The van der Waals surface area contributed by atoms with Crippen LogP contribution in [0.4, 0.5) is 18.0 Å². The zero-order valence-corrected chi connectivity index (χ0v) is 16.1. The number of pyridine rings is 1. The predicted octanol–water partition coefficient (Wildman–Crippen LogP) is 5.82. The van der Waals surface area contributed by atoms with E-state index in [1.54, 1.807) is 38.1 Å². The molecule has 0 bridgehead atoms. The number of hydrogen-bond acceptors (Lipinski definition) is 3. The average molecular weight is 402 g/mol. The lowest BCUT2D eigenvalue weighted by Gasteiger charge is -2.26. The fourth-order valence-electron chi connectivity index (χ4n) is 3.30. The highest BCUT2D eigenvalue weighted by atomic mass is 19.4. The fraction of sp³-hybridized carbons (Fsp3) is 0.273. The molecule has 1 heterocycles. The van der Waals surface area contributed by atoms with Crippen LogP contribution < -0.4 is 0 Å². The van der Waals surface area contributed by atoms with Gasteiger partial charge in [-0.25, -0.2) is 4.79 Å². The minimum atomic E-state index is -4.61. The molecule has 1 amide bonds. The molecule has 1 unspecified atom stereocenters. The van der Waals surface area contributed by atoms with Crippen LogP contribution in [0.1, 0.15) is 36.6 Å². The molecule has 0 saturated carbocycles. The summed E-state index contributed by atoms with van der Waals surface area (Å²) < 4.78 is 46.7. The van der Waals surface area contributed by atoms with Crippen molar-refractivity contribution in [2.75, 3.05) is 13.1 Å². The molecule has 2 aromatic carbocycles. The van der Waals surface area contributed by atoms with E-state index in [0.29, 0.717) is 24.0 Å². The Morgan fingerprint density at radius 2 is 1.72 bits per heavy atom. The van der Waals surface area contributed by atoms with Crippen LogP contribution in [0.25, 0.3) is 10.8 Å². The van der Waals surface area contributed by atoms with Gasteiger partial charge in [0, 0.05) is 36.6 Å². The molecule has 3 aromatic rings. The zero-order chi connectivity index (χ0) is 21.0.